The van der Waals surface area contributed by atoms with Gasteiger partial charge in [-0.15, -0.1) is 0 Å². The monoisotopic (exact) mass is 407 g/mol. The van der Waals surface area contributed by atoms with Crippen LogP contribution in [0.1, 0.15) is 11.1 Å². The highest BCUT2D eigenvalue weighted by molar-refractivity contribution is 6.34. The van der Waals surface area contributed by atoms with Crippen molar-refractivity contribution in [2.45, 2.75) is 13.8 Å². The Hall–Kier alpha value is -2.11. The second-order valence-electron chi connectivity index (χ2n) is 6.71. The van der Waals surface area contributed by atoms with Crippen molar-refractivity contribution >= 4 is 40.5 Å². The molecule has 0 spiro atoms. The van der Waals surface area contributed by atoms with Crippen molar-refractivity contribution in [1.82, 2.24) is 4.90 Å². The number of carbonyl (C=O) groups is 1. The van der Waals surface area contributed by atoms with E-state index in [1.807, 2.05) is 44.2 Å². The zero-order valence-electron chi connectivity index (χ0n) is 15.5. The van der Waals surface area contributed by atoms with E-state index < -0.39 is 0 Å². The molecule has 0 saturated carbocycles. The molecule has 1 aliphatic heterocycles. The summed E-state index contributed by atoms with van der Waals surface area (Å²) >= 11 is 12.5. The molecule has 1 saturated heterocycles. The minimum Gasteiger partial charge on any atom is -0.484 e. The fourth-order valence-electron chi connectivity index (χ4n) is 3.27. The minimum atomic E-state index is -0.0352. The predicted octanol–water partition coefficient (Wildman–Crippen LogP) is 3.92. The molecule has 0 bridgehead atoms. The third-order valence-corrected chi connectivity index (χ3v) is 5.64. The molecular weight excluding hydrogens is 385 g/mol. The van der Waals surface area contributed by atoms with Gasteiger partial charge >= 0.3 is 0 Å². The lowest BCUT2D eigenvalue weighted by molar-refractivity contribution is -0.133. The Bertz CT molecular complexity index is 806. The lowest BCUT2D eigenvalue weighted by Gasteiger charge is -2.37. The van der Waals surface area contributed by atoms with Crippen molar-refractivity contribution in [2.24, 2.45) is 0 Å². The van der Waals surface area contributed by atoms with Gasteiger partial charge in [0.05, 0.1) is 16.4 Å². The van der Waals surface area contributed by atoms with Crippen LogP contribution in [0.4, 0.5) is 11.4 Å². The number of amides is 1. The number of rotatable bonds is 4. The van der Waals surface area contributed by atoms with E-state index in [0.717, 1.165) is 21.8 Å². The van der Waals surface area contributed by atoms with Crippen LogP contribution in [0.2, 0.25) is 10.0 Å². The van der Waals surface area contributed by atoms with Crippen LogP contribution in [-0.4, -0.2) is 43.6 Å². The number of carbonyl (C=O) groups excluding carboxylic acids is 1. The predicted molar refractivity (Wildman–Crippen MR) is 111 cm³/mol. The standard InChI is InChI=1S/C20H23Cl2N3O2/c1-13-10-15(11-14(2)19(13)22)27-12-18(26)24-6-8-25(9-7-24)20-16(21)4-3-5-17(20)23/h3-5,10-11H,6-9,12,23H2,1-2H3. The highest BCUT2D eigenvalue weighted by Crippen LogP contribution is 2.32. The van der Waals surface area contributed by atoms with Gasteiger partial charge in [0.15, 0.2) is 6.61 Å². The Morgan fingerprint density at radius 2 is 1.74 bits per heavy atom. The molecule has 1 heterocycles. The van der Waals surface area contributed by atoms with E-state index in [0.29, 0.717) is 42.6 Å². The summed E-state index contributed by atoms with van der Waals surface area (Å²) in [5.74, 6) is 0.622. The number of nitrogen functional groups attached to an aromatic ring is 1. The molecule has 0 unspecified atom stereocenters. The lowest BCUT2D eigenvalue weighted by Crippen LogP contribution is -2.50. The van der Waals surface area contributed by atoms with Gasteiger partial charge in [-0.1, -0.05) is 29.3 Å². The third kappa shape index (κ3) is 4.42. The van der Waals surface area contributed by atoms with Crippen molar-refractivity contribution in [1.29, 1.82) is 0 Å². The summed E-state index contributed by atoms with van der Waals surface area (Å²) in [6.45, 7) is 6.41. The fraction of sp³-hybridized carbons (Fsp3) is 0.350. The molecule has 1 aliphatic rings. The number of hydrogen-bond donors (Lipinski definition) is 1. The molecule has 144 valence electrons. The first-order valence-electron chi connectivity index (χ1n) is 8.83. The molecule has 0 aliphatic carbocycles. The lowest BCUT2D eigenvalue weighted by atomic mass is 10.1. The zero-order valence-corrected chi connectivity index (χ0v) is 17.0. The highest BCUT2D eigenvalue weighted by atomic mass is 35.5. The number of halogens is 2. The normalized spacial score (nSPS) is 14.4. The maximum Gasteiger partial charge on any atom is 0.260 e. The summed E-state index contributed by atoms with van der Waals surface area (Å²) in [6.07, 6.45) is 0. The summed E-state index contributed by atoms with van der Waals surface area (Å²) in [5, 5.41) is 1.36. The molecule has 2 aromatic carbocycles. The summed E-state index contributed by atoms with van der Waals surface area (Å²) < 4.78 is 5.68. The van der Waals surface area contributed by atoms with E-state index in [1.165, 1.54) is 0 Å². The fourth-order valence-corrected chi connectivity index (χ4v) is 3.68. The van der Waals surface area contributed by atoms with Gasteiger partial charge in [0.25, 0.3) is 5.91 Å². The number of aryl methyl sites for hydroxylation is 2. The summed E-state index contributed by atoms with van der Waals surface area (Å²) in [7, 11) is 0. The number of nitrogens with two attached hydrogens (primary N) is 1. The third-order valence-electron chi connectivity index (χ3n) is 4.74. The molecule has 2 N–H and O–H groups in total. The van der Waals surface area contributed by atoms with Gasteiger partial charge < -0.3 is 20.3 Å². The molecule has 3 rings (SSSR count). The average molecular weight is 408 g/mol. The molecule has 2 aromatic rings. The Balaban J connectivity index is 1.56. The molecule has 0 radical (unpaired) electrons. The number of nitrogens with zero attached hydrogens (tertiary/aromatic N) is 2. The summed E-state index contributed by atoms with van der Waals surface area (Å²) in [4.78, 5) is 16.4. The molecule has 27 heavy (non-hydrogen) atoms. The van der Waals surface area contributed by atoms with E-state index in [9.17, 15) is 4.79 Å². The summed E-state index contributed by atoms with van der Waals surface area (Å²) in [6, 6.07) is 9.19. The number of hydrogen-bond acceptors (Lipinski definition) is 4. The maximum absolute atomic E-state index is 12.5. The molecule has 7 heteroatoms. The first-order chi connectivity index (χ1) is 12.9. The van der Waals surface area contributed by atoms with Crippen LogP contribution in [-0.2, 0) is 4.79 Å². The second kappa shape index (κ2) is 8.28. The molecule has 1 amide bonds. The van der Waals surface area contributed by atoms with Crippen molar-refractivity contribution in [3.8, 4) is 5.75 Å². The average Bonchev–Trinajstić information content (AvgIpc) is 2.64. The van der Waals surface area contributed by atoms with E-state index >= 15 is 0 Å². The van der Waals surface area contributed by atoms with Crippen LogP contribution in [0, 0.1) is 13.8 Å². The van der Waals surface area contributed by atoms with Gasteiger partial charge in [0.2, 0.25) is 0 Å². The number of benzene rings is 2. The van der Waals surface area contributed by atoms with Gasteiger partial charge in [-0.3, -0.25) is 4.79 Å². The van der Waals surface area contributed by atoms with Crippen molar-refractivity contribution in [3.05, 3.63) is 51.5 Å². The smallest absolute Gasteiger partial charge is 0.260 e. The number of piperazine rings is 1. The van der Waals surface area contributed by atoms with Gasteiger partial charge in [0.1, 0.15) is 5.75 Å². The van der Waals surface area contributed by atoms with Crippen LogP contribution in [0.15, 0.2) is 30.3 Å². The van der Waals surface area contributed by atoms with Gasteiger partial charge in [-0.05, 0) is 49.2 Å². The Kier molecular flexibility index (Phi) is 6.02. The van der Waals surface area contributed by atoms with Crippen LogP contribution < -0.4 is 15.4 Å². The number of para-hydroxylation sites is 1. The van der Waals surface area contributed by atoms with Crippen LogP contribution in [0.5, 0.6) is 5.75 Å². The maximum atomic E-state index is 12.5. The van der Waals surface area contributed by atoms with Crippen LogP contribution in [0.3, 0.4) is 0 Å². The Morgan fingerprint density at radius 3 is 2.33 bits per heavy atom. The molecule has 1 fully saturated rings. The Morgan fingerprint density at radius 1 is 1.11 bits per heavy atom. The van der Waals surface area contributed by atoms with Crippen molar-refractivity contribution < 1.29 is 9.53 Å². The van der Waals surface area contributed by atoms with E-state index in [-0.39, 0.29) is 12.5 Å². The van der Waals surface area contributed by atoms with E-state index in [1.54, 1.807) is 4.90 Å². The molecule has 0 aromatic heterocycles. The topological polar surface area (TPSA) is 58.8 Å². The van der Waals surface area contributed by atoms with Gasteiger partial charge in [-0.2, -0.15) is 0 Å². The largest absolute Gasteiger partial charge is 0.484 e. The number of ether oxygens (including phenoxy) is 1. The van der Waals surface area contributed by atoms with Gasteiger partial charge in [-0.25, -0.2) is 0 Å². The molecule has 5 nitrogen and oxygen atoms in total. The van der Waals surface area contributed by atoms with Crippen molar-refractivity contribution in [2.75, 3.05) is 43.4 Å². The summed E-state index contributed by atoms with van der Waals surface area (Å²) in [5.41, 5.74) is 9.42. The first-order valence-corrected chi connectivity index (χ1v) is 9.58. The molecule has 0 atom stereocenters. The van der Waals surface area contributed by atoms with Crippen LogP contribution >= 0.6 is 23.2 Å². The van der Waals surface area contributed by atoms with Crippen molar-refractivity contribution in [3.63, 3.8) is 0 Å². The minimum absolute atomic E-state index is 0.00868. The van der Waals surface area contributed by atoms with Gasteiger partial charge in [0, 0.05) is 31.2 Å². The highest BCUT2D eigenvalue weighted by Gasteiger charge is 2.24. The first kappa shape index (κ1) is 19.6. The van der Waals surface area contributed by atoms with E-state index in [2.05, 4.69) is 4.90 Å². The number of anilines is 2. The van der Waals surface area contributed by atoms with E-state index in [4.69, 9.17) is 33.7 Å². The quantitative estimate of drug-likeness (QED) is 0.780. The second-order valence-corrected chi connectivity index (χ2v) is 7.49. The zero-order chi connectivity index (χ0) is 19.6. The molecular formula is C20H23Cl2N3O2. The Labute approximate surface area is 169 Å². The van der Waals surface area contributed by atoms with Crippen LogP contribution in [0.25, 0.3) is 0 Å². The SMILES string of the molecule is Cc1cc(OCC(=O)N2CCN(c3c(N)cccc3Cl)CC2)cc(C)c1Cl.